The van der Waals surface area contributed by atoms with E-state index in [0.717, 1.165) is 40.9 Å². The van der Waals surface area contributed by atoms with Gasteiger partial charge in [0.2, 0.25) is 0 Å². The number of aryl methyl sites for hydroxylation is 1. The lowest BCUT2D eigenvalue weighted by molar-refractivity contribution is 0.611. The summed E-state index contributed by atoms with van der Waals surface area (Å²) in [4.78, 5) is 4.67. The van der Waals surface area contributed by atoms with E-state index < -0.39 is 0 Å². The highest BCUT2D eigenvalue weighted by atomic mass is 32.1. The molecule has 0 radical (unpaired) electrons. The maximum absolute atomic E-state index is 13.0. The molecule has 0 N–H and O–H groups in total. The highest BCUT2D eigenvalue weighted by Gasteiger charge is 2.16. The van der Waals surface area contributed by atoms with E-state index in [9.17, 15) is 4.39 Å². The Labute approximate surface area is 138 Å². The summed E-state index contributed by atoms with van der Waals surface area (Å²) in [6.07, 6.45) is 5.38. The maximum atomic E-state index is 13.0. The Morgan fingerprint density at radius 1 is 1.09 bits per heavy atom. The molecule has 0 amide bonds. The molecule has 1 aromatic carbocycles. The zero-order valence-corrected chi connectivity index (χ0v) is 13.5. The highest BCUT2D eigenvalue weighted by molar-refractivity contribution is 7.10. The fraction of sp³-hybridized carbons (Fsp3) is 0.353. The third-order valence-electron chi connectivity index (χ3n) is 4.19. The summed E-state index contributed by atoms with van der Waals surface area (Å²) in [5.41, 5.74) is 1.83. The van der Waals surface area contributed by atoms with Gasteiger partial charge in [-0.2, -0.15) is 0 Å². The first-order valence-corrected chi connectivity index (χ1v) is 8.79. The predicted molar refractivity (Wildman–Crippen MR) is 87.9 cm³/mol. The summed E-state index contributed by atoms with van der Waals surface area (Å²) >= 11 is 1.62. The second kappa shape index (κ2) is 6.20. The number of thiazole rings is 1. The number of fused-ring (bicyclic) bond motifs is 1. The van der Waals surface area contributed by atoms with Gasteiger partial charge < -0.3 is 4.57 Å². The van der Waals surface area contributed by atoms with Gasteiger partial charge in [0.25, 0.3) is 0 Å². The van der Waals surface area contributed by atoms with Gasteiger partial charge in [0.05, 0.1) is 12.1 Å². The first-order chi connectivity index (χ1) is 11.3. The van der Waals surface area contributed by atoms with Crippen LogP contribution < -0.4 is 0 Å². The van der Waals surface area contributed by atoms with E-state index in [0.29, 0.717) is 6.42 Å². The molecule has 4 nitrogen and oxygen atoms in total. The van der Waals surface area contributed by atoms with Crippen LogP contribution in [0, 0.1) is 5.82 Å². The number of hydrogen-bond acceptors (Lipinski definition) is 4. The van der Waals surface area contributed by atoms with Crippen molar-refractivity contribution in [2.24, 2.45) is 0 Å². The van der Waals surface area contributed by atoms with Crippen molar-refractivity contribution in [1.82, 2.24) is 19.7 Å². The average Bonchev–Trinajstić information content (AvgIpc) is 3.10. The van der Waals surface area contributed by atoms with Gasteiger partial charge >= 0.3 is 0 Å². The van der Waals surface area contributed by atoms with E-state index in [-0.39, 0.29) is 5.82 Å². The average molecular weight is 328 g/mol. The molecule has 0 aliphatic carbocycles. The van der Waals surface area contributed by atoms with Crippen LogP contribution in [-0.4, -0.2) is 19.7 Å². The van der Waals surface area contributed by atoms with Gasteiger partial charge in [-0.3, -0.25) is 0 Å². The van der Waals surface area contributed by atoms with Crippen LogP contribution in [0.4, 0.5) is 4.39 Å². The van der Waals surface area contributed by atoms with Crippen molar-refractivity contribution in [1.29, 1.82) is 0 Å². The lowest BCUT2D eigenvalue weighted by Crippen LogP contribution is -2.06. The van der Waals surface area contributed by atoms with Crippen LogP contribution >= 0.6 is 11.3 Å². The van der Waals surface area contributed by atoms with Gasteiger partial charge in [-0.05, 0) is 37.1 Å². The fourth-order valence-corrected chi connectivity index (χ4v) is 3.76. The van der Waals surface area contributed by atoms with Crippen molar-refractivity contribution in [3.63, 3.8) is 0 Å². The zero-order valence-electron chi connectivity index (χ0n) is 12.7. The van der Waals surface area contributed by atoms with E-state index in [2.05, 4.69) is 19.7 Å². The molecule has 0 atom stereocenters. The monoisotopic (exact) mass is 328 g/mol. The van der Waals surface area contributed by atoms with Crippen molar-refractivity contribution in [2.75, 3.05) is 0 Å². The molecule has 0 saturated carbocycles. The molecule has 3 aromatic rings. The van der Waals surface area contributed by atoms with Crippen LogP contribution in [0.2, 0.25) is 0 Å². The predicted octanol–water partition coefficient (Wildman–Crippen LogP) is 3.86. The quantitative estimate of drug-likeness (QED) is 0.733. The Kier molecular flexibility index (Phi) is 3.91. The Hall–Kier alpha value is -2.08. The van der Waals surface area contributed by atoms with Crippen molar-refractivity contribution in [3.8, 4) is 11.3 Å². The Morgan fingerprint density at radius 2 is 1.96 bits per heavy atom. The van der Waals surface area contributed by atoms with Crippen LogP contribution in [0.1, 0.15) is 35.9 Å². The normalized spacial score (nSPS) is 14.5. The second-order valence-corrected chi connectivity index (χ2v) is 6.75. The van der Waals surface area contributed by atoms with E-state index in [1.165, 1.54) is 31.4 Å². The Bertz CT molecular complexity index is 806. The minimum atomic E-state index is -0.227. The molecule has 118 valence electrons. The minimum absolute atomic E-state index is 0.227. The number of aromatic nitrogens is 4. The van der Waals surface area contributed by atoms with Gasteiger partial charge in [0.1, 0.15) is 22.5 Å². The molecule has 23 heavy (non-hydrogen) atoms. The summed E-state index contributed by atoms with van der Waals surface area (Å²) < 4.78 is 15.3. The van der Waals surface area contributed by atoms with E-state index in [1.54, 1.807) is 23.5 Å². The third-order valence-corrected chi connectivity index (χ3v) is 5.04. The summed E-state index contributed by atoms with van der Waals surface area (Å²) in [5, 5.41) is 11.7. The maximum Gasteiger partial charge on any atom is 0.139 e. The lowest BCUT2D eigenvalue weighted by atomic mass is 10.2. The van der Waals surface area contributed by atoms with E-state index in [4.69, 9.17) is 0 Å². The van der Waals surface area contributed by atoms with Crippen LogP contribution in [0.25, 0.3) is 11.3 Å². The van der Waals surface area contributed by atoms with Crippen LogP contribution in [0.15, 0.2) is 29.6 Å². The number of halogens is 1. The molecule has 0 saturated heterocycles. The number of benzene rings is 1. The topological polar surface area (TPSA) is 43.6 Å². The van der Waals surface area contributed by atoms with Crippen LogP contribution in [0.3, 0.4) is 0 Å². The summed E-state index contributed by atoms with van der Waals surface area (Å²) in [6.45, 7) is 1.01. The van der Waals surface area contributed by atoms with Crippen molar-refractivity contribution < 1.29 is 4.39 Å². The fourth-order valence-electron chi connectivity index (χ4n) is 2.96. The van der Waals surface area contributed by atoms with Crippen molar-refractivity contribution in [2.45, 2.75) is 38.6 Å². The number of rotatable bonds is 3. The molecule has 3 heterocycles. The highest BCUT2D eigenvalue weighted by Crippen LogP contribution is 2.24. The molecule has 0 fully saturated rings. The molecule has 6 heteroatoms. The Balaban J connectivity index is 1.56. The Morgan fingerprint density at radius 3 is 2.83 bits per heavy atom. The standard InChI is InChI=1S/C17H17FN4S/c18-13-7-5-12(6-8-13)14-11-23-17(19-14)10-16-21-20-15-4-2-1-3-9-22(15)16/h5-8,11H,1-4,9-10H2. The first kappa shape index (κ1) is 14.5. The molecule has 0 bridgehead atoms. The summed E-state index contributed by atoms with van der Waals surface area (Å²) in [7, 11) is 0. The molecule has 2 aromatic heterocycles. The molecular formula is C17H17FN4S. The van der Waals surface area contributed by atoms with Gasteiger partial charge in [-0.25, -0.2) is 9.37 Å². The molecular weight excluding hydrogens is 311 g/mol. The van der Waals surface area contributed by atoms with Gasteiger partial charge in [0.15, 0.2) is 0 Å². The molecule has 0 spiro atoms. The molecule has 1 aliphatic rings. The van der Waals surface area contributed by atoms with E-state index in [1.807, 2.05) is 5.38 Å². The number of hydrogen-bond donors (Lipinski definition) is 0. The van der Waals surface area contributed by atoms with Gasteiger partial charge in [-0.15, -0.1) is 21.5 Å². The smallest absolute Gasteiger partial charge is 0.139 e. The van der Waals surface area contributed by atoms with Gasteiger partial charge in [-0.1, -0.05) is 6.42 Å². The van der Waals surface area contributed by atoms with E-state index >= 15 is 0 Å². The molecule has 0 unspecified atom stereocenters. The second-order valence-electron chi connectivity index (χ2n) is 5.80. The third kappa shape index (κ3) is 3.03. The molecule has 4 rings (SSSR count). The van der Waals surface area contributed by atoms with Crippen molar-refractivity contribution in [3.05, 3.63) is 52.1 Å². The van der Waals surface area contributed by atoms with Crippen LogP contribution in [-0.2, 0) is 19.4 Å². The SMILES string of the molecule is Fc1ccc(-c2csc(Cc3nnc4n3CCCCC4)n2)cc1. The summed E-state index contributed by atoms with van der Waals surface area (Å²) in [5.74, 6) is 1.88. The summed E-state index contributed by atoms with van der Waals surface area (Å²) in [6, 6.07) is 6.45. The van der Waals surface area contributed by atoms with Crippen LogP contribution in [0.5, 0.6) is 0 Å². The first-order valence-electron chi connectivity index (χ1n) is 7.91. The zero-order chi connectivity index (χ0) is 15.6. The number of nitrogens with zero attached hydrogens (tertiary/aromatic N) is 4. The van der Waals surface area contributed by atoms with Crippen molar-refractivity contribution >= 4 is 11.3 Å². The lowest BCUT2D eigenvalue weighted by Gasteiger charge is -2.05. The minimum Gasteiger partial charge on any atom is -0.315 e. The van der Waals surface area contributed by atoms with Gasteiger partial charge in [0, 0.05) is 23.9 Å². The molecule has 1 aliphatic heterocycles. The largest absolute Gasteiger partial charge is 0.315 e.